The maximum atomic E-state index is 12.6. The third-order valence-electron chi connectivity index (χ3n) is 4.59. The van der Waals surface area contributed by atoms with Crippen molar-refractivity contribution < 1.29 is 9.90 Å². The van der Waals surface area contributed by atoms with Gasteiger partial charge in [-0.25, -0.2) is 4.74 Å². The zero-order chi connectivity index (χ0) is 17.6. The highest BCUT2D eigenvalue weighted by molar-refractivity contribution is 7.83. The van der Waals surface area contributed by atoms with E-state index in [4.69, 9.17) is 4.74 Å². The fraction of sp³-hybridized carbons (Fsp3) is 0.350. The number of hydrogen-bond acceptors (Lipinski definition) is 2. The summed E-state index contributed by atoms with van der Waals surface area (Å²) in [6.07, 6.45) is 0.452. The van der Waals surface area contributed by atoms with Gasteiger partial charge in [-0.1, -0.05) is 82.6 Å². The third kappa shape index (κ3) is 2.66. The zero-order valence-corrected chi connectivity index (χ0v) is 15.5. The summed E-state index contributed by atoms with van der Waals surface area (Å²) >= 11 is 0. The summed E-state index contributed by atoms with van der Waals surface area (Å²) in [4.78, 5) is 12.6. The quantitative estimate of drug-likeness (QED) is 0.802. The summed E-state index contributed by atoms with van der Waals surface area (Å²) in [5.41, 5.74) is -0.395. The maximum absolute atomic E-state index is 12.6. The Morgan fingerprint density at radius 1 is 0.958 bits per heavy atom. The second kappa shape index (κ2) is 5.68. The van der Waals surface area contributed by atoms with Crippen LogP contribution in [0.4, 0.5) is 0 Å². The lowest BCUT2D eigenvalue weighted by Crippen LogP contribution is -2.45. The van der Waals surface area contributed by atoms with Crippen LogP contribution in [-0.4, -0.2) is 16.7 Å². The predicted octanol–water partition coefficient (Wildman–Crippen LogP) is 3.30. The first-order chi connectivity index (χ1) is 11.2. The molecule has 0 aliphatic carbocycles. The number of amides is 1. The Hall–Kier alpha value is -1.70. The van der Waals surface area contributed by atoms with E-state index in [1.54, 1.807) is 13.8 Å². The highest BCUT2D eigenvalue weighted by atomic mass is 31.2. The van der Waals surface area contributed by atoms with Gasteiger partial charge in [-0.15, -0.1) is 5.60 Å². The Labute approximate surface area is 143 Å². The second-order valence-electron chi connectivity index (χ2n) is 7.64. The molecule has 2 aromatic carbocycles. The maximum Gasteiger partial charge on any atom is 0.276 e. The van der Waals surface area contributed by atoms with Crippen LogP contribution >= 0.6 is 7.05 Å². The van der Waals surface area contributed by atoms with Crippen molar-refractivity contribution in [2.45, 2.75) is 44.9 Å². The van der Waals surface area contributed by atoms with Gasteiger partial charge >= 0.3 is 0 Å². The molecule has 0 aromatic heterocycles. The minimum absolute atomic E-state index is 0.153. The third-order valence-corrected chi connectivity index (χ3v) is 9.11. The van der Waals surface area contributed by atoms with Gasteiger partial charge in [0.25, 0.3) is 5.91 Å². The van der Waals surface area contributed by atoms with Crippen molar-refractivity contribution in [3.05, 3.63) is 60.2 Å². The molecular weight excluding hydrogens is 317 g/mol. The Bertz CT molecular complexity index is 832. The molecule has 3 nitrogen and oxygen atoms in total. The highest BCUT2D eigenvalue weighted by Crippen LogP contribution is 2.64. The lowest BCUT2D eigenvalue weighted by molar-refractivity contribution is -0.468. The van der Waals surface area contributed by atoms with Crippen LogP contribution in [0.2, 0.25) is 0 Å². The predicted molar refractivity (Wildman–Crippen MR) is 98.6 cm³/mol. The van der Waals surface area contributed by atoms with E-state index in [0.717, 1.165) is 10.6 Å². The van der Waals surface area contributed by atoms with Gasteiger partial charge in [-0.05, 0) is 11.4 Å². The molecule has 4 heteroatoms. The summed E-state index contributed by atoms with van der Waals surface area (Å²) in [5.74, 6) is -0.153. The number of rotatable bonds is 4. The Morgan fingerprint density at radius 2 is 1.54 bits per heavy atom. The number of carbonyl (C=O) groups excluding carboxylic acids is 1. The monoisotopic (exact) mass is 340 g/mol. The smallest absolute Gasteiger partial charge is 0.276 e. The molecule has 0 fully saturated rings. The summed E-state index contributed by atoms with van der Waals surface area (Å²) in [6.45, 7) is 7.60. The summed E-state index contributed by atoms with van der Waals surface area (Å²) in [7, 11) is -2.37. The molecule has 0 unspecified atom stereocenters. The van der Waals surface area contributed by atoms with Crippen LogP contribution < -0.4 is 15.7 Å². The molecule has 2 aromatic rings. The van der Waals surface area contributed by atoms with Gasteiger partial charge in [0.05, 0.1) is 5.56 Å². The van der Waals surface area contributed by atoms with E-state index in [2.05, 4.69) is 13.8 Å². The normalized spacial score (nSPS) is 20.6. The number of hydrogen-bond donors (Lipinski definition) is 0. The van der Waals surface area contributed by atoms with Crippen molar-refractivity contribution in [1.82, 2.24) is 0 Å². The van der Waals surface area contributed by atoms with E-state index in [1.165, 1.54) is 0 Å². The van der Waals surface area contributed by atoms with Crippen LogP contribution in [0, 0.1) is 0 Å². The van der Waals surface area contributed by atoms with Gasteiger partial charge in [-0.2, -0.15) is 0 Å². The molecule has 0 saturated heterocycles. The van der Waals surface area contributed by atoms with Crippen molar-refractivity contribution in [1.29, 1.82) is 0 Å². The molecule has 0 N–H and O–H groups in total. The lowest BCUT2D eigenvalue weighted by Gasteiger charge is -2.46. The zero-order valence-electron chi connectivity index (χ0n) is 14.6. The summed E-state index contributed by atoms with van der Waals surface area (Å²) in [6, 6.07) is 17.7. The number of fused-ring (bicyclic) bond motifs is 1. The van der Waals surface area contributed by atoms with E-state index >= 15 is 0 Å². The molecule has 1 amide bonds. The minimum Gasteiger partial charge on any atom is -0.850 e. The molecule has 0 spiro atoms. The molecule has 0 bridgehead atoms. The van der Waals surface area contributed by atoms with Crippen molar-refractivity contribution in [3.63, 3.8) is 0 Å². The largest absolute Gasteiger partial charge is 0.850 e. The minimum atomic E-state index is -2.37. The number of benzene rings is 2. The Morgan fingerprint density at radius 3 is 2.17 bits per heavy atom. The van der Waals surface area contributed by atoms with E-state index in [1.807, 2.05) is 54.6 Å². The van der Waals surface area contributed by atoms with E-state index in [0.29, 0.717) is 12.0 Å². The van der Waals surface area contributed by atoms with Crippen LogP contribution in [0.25, 0.3) is 0 Å². The molecule has 1 atom stereocenters. The number of nitrogens with zero attached hydrogens (tertiary/aromatic N) is 1. The topological polar surface area (TPSA) is 52.5 Å². The fourth-order valence-electron chi connectivity index (χ4n) is 3.99. The molecule has 3 rings (SSSR count). The summed E-state index contributed by atoms with van der Waals surface area (Å²) in [5, 5.41) is 14.2. The van der Waals surface area contributed by atoms with Crippen LogP contribution in [0.3, 0.4) is 0 Å². The van der Waals surface area contributed by atoms with Crippen LogP contribution in [-0.2, 0) is 0 Å². The molecule has 126 valence electrons. The van der Waals surface area contributed by atoms with Crippen molar-refractivity contribution in [2.24, 2.45) is 4.74 Å². The first kappa shape index (κ1) is 17.1. The SMILES string of the molecule is CC(C)([O-])CC(C)(C)[P@]1(c2ccccc2)=NC(=O)c2ccccc21. The number of carbonyl (C=O) groups is 1. The molecule has 1 heterocycles. The molecule has 0 saturated carbocycles. The second-order valence-corrected chi connectivity index (χ2v) is 11.3. The molecule has 24 heavy (non-hydrogen) atoms. The van der Waals surface area contributed by atoms with E-state index in [-0.39, 0.29) is 5.91 Å². The van der Waals surface area contributed by atoms with E-state index in [9.17, 15) is 9.90 Å². The first-order valence-electron chi connectivity index (χ1n) is 8.20. The molecular formula is C20H23NO2P-. The van der Waals surface area contributed by atoms with Crippen molar-refractivity contribution in [2.75, 3.05) is 0 Å². The van der Waals surface area contributed by atoms with Crippen molar-refractivity contribution >= 4 is 23.6 Å². The van der Waals surface area contributed by atoms with Crippen LogP contribution in [0.1, 0.15) is 44.5 Å². The van der Waals surface area contributed by atoms with Gasteiger partial charge in [0, 0.05) is 17.5 Å². The molecule has 1 aliphatic heterocycles. The van der Waals surface area contributed by atoms with Gasteiger partial charge in [0.2, 0.25) is 0 Å². The van der Waals surface area contributed by atoms with Crippen LogP contribution in [0.15, 0.2) is 59.3 Å². The van der Waals surface area contributed by atoms with Gasteiger partial charge in [0.15, 0.2) is 0 Å². The average molecular weight is 340 g/mol. The van der Waals surface area contributed by atoms with Gasteiger partial charge < -0.3 is 5.11 Å². The van der Waals surface area contributed by atoms with Crippen molar-refractivity contribution in [3.8, 4) is 0 Å². The Kier molecular flexibility index (Phi) is 4.06. The Balaban J connectivity index is 2.34. The first-order valence-corrected chi connectivity index (χ1v) is 9.94. The highest BCUT2D eigenvalue weighted by Gasteiger charge is 2.46. The average Bonchev–Trinajstić information content (AvgIpc) is 2.81. The van der Waals surface area contributed by atoms with E-state index < -0.39 is 17.8 Å². The summed E-state index contributed by atoms with van der Waals surface area (Å²) < 4.78 is 4.75. The standard InChI is InChI=1S/C20H23NO2P/c1-19(2,23)14-20(3,4)24(15-10-6-5-7-11-15)17-13-9-8-12-16(17)18(22)21-24/h5-13H,14H2,1-4H3/q-1/t24-/m1/s1. The van der Waals surface area contributed by atoms with Crippen LogP contribution in [0.5, 0.6) is 0 Å². The molecule has 1 aliphatic rings. The fourth-order valence-corrected chi connectivity index (χ4v) is 8.53. The molecule has 0 radical (unpaired) electrons. The lowest BCUT2D eigenvalue weighted by atomic mass is 9.96. The van der Waals surface area contributed by atoms with Gasteiger partial charge in [0.1, 0.15) is 0 Å². The van der Waals surface area contributed by atoms with Gasteiger partial charge in [-0.3, -0.25) is 4.79 Å².